The largest absolute Gasteiger partial charge is 0.349 e. The zero-order valence-electron chi connectivity index (χ0n) is 15.5. The van der Waals surface area contributed by atoms with E-state index in [4.69, 9.17) is 9.97 Å². The predicted octanol–water partition coefficient (Wildman–Crippen LogP) is 1.75. The summed E-state index contributed by atoms with van der Waals surface area (Å²) in [4.78, 5) is 16.7. The van der Waals surface area contributed by atoms with Gasteiger partial charge in [-0.2, -0.15) is 5.10 Å². The summed E-state index contributed by atoms with van der Waals surface area (Å²) in [5, 5.41) is 8.07. The third kappa shape index (κ3) is 3.08. The molecule has 2 aliphatic heterocycles. The molecule has 0 amide bonds. The van der Waals surface area contributed by atoms with Gasteiger partial charge >= 0.3 is 0 Å². The van der Waals surface area contributed by atoms with Crippen molar-refractivity contribution in [3.8, 4) is 11.5 Å². The first-order chi connectivity index (χ1) is 13.3. The second kappa shape index (κ2) is 6.74. The maximum atomic E-state index is 5.00. The molecule has 0 atom stereocenters. The van der Waals surface area contributed by atoms with E-state index in [2.05, 4.69) is 38.0 Å². The third-order valence-electron chi connectivity index (χ3n) is 5.27. The number of pyridine rings is 1. The lowest BCUT2D eigenvalue weighted by Crippen LogP contribution is -2.35. The topological polar surface area (TPSA) is 71.8 Å². The van der Waals surface area contributed by atoms with Crippen LogP contribution in [-0.4, -0.2) is 44.4 Å². The Morgan fingerprint density at radius 3 is 2.89 bits per heavy atom. The molecule has 1 N–H and O–H groups in total. The van der Waals surface area contributed by atoms with Gasteiger partial charge in [0.1, 0.15) is 11.5 Å². The molecular weight excluding hydrogens is 338 g/mol. The van der Waals surface area contributed by atoms with Crippen molar-refractivity contribution in [2.45, 2.75) is 32.9 Å². The Morgan fingerprint density at radius 2 is 2.00 bits per heavy atom. The molecule has 0 aromatic carbocycles. The van der Waals surface area contributed by atoms with Crippen LogP contribution in [0.3, 0.4) is 0 Å². The molecule has 0 saturated heterocycles. The molecule has 0 aliphatic carbocycles. The van der Waals surface area contributed by atoms with Gasteiger partial charge in [0.15, 0.2) is 5.82 Å². The quantitative estimate of drug-likeness (QED) is 0.750. The van der Waals surface area contributed by atoms with Gasteiger partial charge in [0.25, 0.3) is 0 Å². The van der Waals surface area contributed by atoms with Crippen molar-refractivity contribution in [2.24, 2.45) is 0 Å². The first kappa shape index (κ1) is 16.4. The standard InChI is InChI=1S/C20H23N7/c1-14-12-15-13-26(10-11-27(15)25-14)20-16-5-8-21-9-6-17(16)23-19(24-20)18-4-2-3-7-22-18/h2-4,7,12,21H,5-6,8-11,13H2,1H3. The zero-order valence-corrected chi connectivity index (χ0v) is 15.5. The highest BCUT2D eigenvalue weighted by molar-refractivity contribution is 5.58. The molecule has 2 aliphatic rings. The Morgan fingerprint density at radius 1 is 1.07 bits per heavy atom. The number of aryl methyl sites for hydroxylation is 1. The first-order valence-corrected chi connectivity index (χ1v) is 9.58. The van der Waals surface area contributed by atoms with E-state index in [0.29, 0.717) is 0 Å². The second-order valence-corrected chi connectivity index (χ2v) is 7.18. The Hall–Kier alpha value is -2.80. The summed E-state index contributed by atoms with van der Waals surface area (Å²) in [7, 11) is 0. The second-order valence-electron chi connectivity index (χ2n) is 7.18. The minimum absolute atomic E-state index is 0.724. The van der Waals surface area contributed by atoms with Gasteiger partial charge in [0.2, 0.25) is 0 Å². The SMILES string of the molecule is Cc1cc2n(n1)CCN(c1nc(-c3ccccn3)nc3c1CCNCC3)C2. The lowest BCUT2D eigenvalue weighted by Gasteiger charge is -2.31. The minimum Gasteiger partial charge on any atom is -0.349 e. The van der Waals surface area contributed by atoms with Gasteiger partial charge < -0.3 is 10.2 Å². The highest BCUT2D eigenvalue weighted by atomic mass is 15.4. The van der Waals surface area contributed by atoms with Crippen molar-refractivity contribution in [1.82, 2.24) is 30.0 Å². The molecule has 0 bridgehead atoms. The average molecular weight is 361 g/mol. The molecule has 138 valence electrons. The van der Waals surface area contributed by atoms with Crippen LogP contribution in [0.15, 0.2) is 30.5 Å². The van der Waals surface area contributed by atoms with Crippen molar-refractivity contribution in [3.05, 3.63) is 53.1 Å². The van der Waals surface area contributed by atoms with Gasteiger partial charge in [0, 0.05) is 31.3 Å². The first-order valence-electron chi connectivity index (χ1n) is 9.58. The Labute approximate surface area is 158 Å². The molecule has 0 unspecified atom stereocenters. The lowest BCUT2D eigenvalue weighted by molar-refractivity contribution is 0.514. The average Bonchev–Trinajstić information content (AvgIpc) is 2.91. The van der Waals surface area contributed by atoms with Crippen molar-refractivity contribution in [3.63, 3.8) is 0 Å². The van der Waals surface area contributed by atoms with E-state index < -0.39 is 0 Å². The highest BCUT2D eigenvalue weighted by Gasteiger charge is 2.25. The van der Waals surface area contributed by atoms with E-state index >= 15 is 0 Å². The summed E-state index contributed by atoms with van der Waals surface area (Å²) in [6.07, 6.45) is 3.69. The van der Waals surface area contributed by atoms with Crippen LogP contribution in [0.5, 0.6) is 0 Å². The van der Waals surface area contributed by atoms with Crippen LogP contribution in [0.25, 0.3) is 11.5 Å². The molecule has 5 heterocycles. The molecule has 7 heteroatoms. The number of anilines is 1. The molecular formula is C20H23N7. The number of nitrogens with one attached hydrogen (secondary N) is 1. The third-order valence-corrected chi connectivity index (χ3v) is 5.27. The molecule has 5 rings (SSSR count). The van der Waals surface area contributed by atoms with Crippen molar-refractivity contribution >= 4 is 5.82 Å². The highest BCUT2D eigenvalue weighted by Crippen LogP contribution is 2.29. The maximum absolute atomic E-state index is 5.00. The van der Waals surface area contributed by atoms with Crippen LogP contribution >= 0.6 is 0 Å². The smallest absolute Gasteiger partial charge is 0.180 e. The fourth-order valence-electron chi connectivity index (χ4n) is 3.99. The van der Waals surface area contributed by atoms with Gasteiger partial charge in [-0.25, -0.2) is 9.97 Å². The van der Waals surface area contributed by atoms with E-state index in [1.165, 1.54) is 11.3 Å². The van der Waals surface area contributed by atoms with E-state index in [0.717, 1.165) is 74.3 Å². The van der Waals surface area contributed by atoms with Crippen LogP contribution < -0.4 is 10.2 Å². The number of fused-ring (bicyclic) bond motifs is 2. The summed E-state index contributed by atoms with van der Waals surface area (Å²) < 4.78 is 2.12. The van der Waals surface area contributed by atoms with Crippen molar-refractivity contribution in [2.75, 3.05) is 24.5 Å². The maximum Gasteiger partial charge on any atom is 0.180 e. The molecule has 27 heavy (non-hydrogen) atoms. The zero-order chi connectivity index (χ0) is 18.2. The van der Waals surface area contributed by atoms with Gasteiger partial charge in [0.05, 0.1) is 30.2 Å². The number of rotatable bonds is 2. The predicted molar refractivity (Wildman–Crippen MR) is 104 cm³/mol. The molecule has 7 nitrogen and oxygen atoms in total. The molecule has 3 aromatic heterocycles. The summed E-state index contributed by atoms with van der Waals surface area (Å²) >= 11 is 0. The molecule has 3 aromatic rings. The van der Waals surface area contributed by atoms with Gasteiger partial charge in [-0.1, -0.05) is 6.07 Å². The Kier molecular flexibility index (Phi) is 4.09. The summed E-state index contributed by atoms with van der Waals surface area (Å²) in [6, 6.07) is 8.06. The van der Waals surface area contributed by atoms with Crippen LogP contribution in [0, 0.1) is 6.92 Å². The molecule has 0 radical (unpaired) electrons. The van der Waals surface area contributed by atoms with Crippen LogP contribution in [0.1, 0.15) is 22.6 Å². The number of hydrogen-bond acceptors (Lipinski definition) is 6. The summed E-state index contributed by atoms with van der Waals surface area (Å²) in [5.41, 5.74) is 5.59. The monoisotopic (exact) mass is 361 g/mol. The Balaban J connectivity index is 1.60. The fourth-order valence-corrected chi connectivity index (χ4v) is 3.99. The molecule has 0 fully saturated rings. The lowest BCUT2D eigenvalue weighted by atomic mass is 10.1. The van der Waals surface area contributed by atoms with Crippen molar-refractivity contribution in [1.29, 1.82) is 0 Å². The molecule has 0 spiro atoms. The minimum atomic E-state index is 0.724. The van der Waals surface area contributed by atoms with Crippen LogP contribution in [-0.2, 0) is 25.9 Å². The number of hydrogen-bond donors (Lipinski definition) is 1. The summed E-state index contributed by atoms with van der Waals surface area (Å²) in [5.74, 6) is 1.79. The fraction of sp³-hybridized carbons (Fsp3) is 0.400. The van der Waals surface area contributed by atoms with Crippen LogP contribution in [0.4, 0.5) is 5.82 Å². The molecule has 0 saturated carbocycles. The van der Waals surface area contributed by atoms with Gasteiger partial charge in [-0.15, -0.1) is 0 Å². The van der Waals surface area contributed by atoms with Gasteiger partial charge in [-0.05, 0) is 38.1 Å². The van der Waals surface area contributed by atoms with E-state index in [-0.39, 0.29) is 0 Å². The van der Waals surface area contributed by atoms with E-state index in [9.17, 15) is 0 Å². The normalized spacial score (nSPS) is 16.6. The number of nitrogens with zero attached hydrogens (tertiary/aromatic N) is 6. The van der Waals surface area contributed by atoms with E-state index in [1.54, 1.807) is 6.20 Å². The van der Waals surface area contributed by atoms with Crippen molar-refractivity contribution < 1.29 is 0 Å². The van der Waals surface area contributed by atoms with Gasteiger partial charge in [-0.3, -0.25) is 9.67 Å². The Bertz CT molecular complexity index is 964. The summed E-state index contributed by atoms with van der Waals surface area (Å²) in [6.45, 7) is 6.61. The number of aromatic nitrogens is 5. The van der Waals surface area contributed by atoms with Crippen LogP contribution in [0.2, 0.25) is 0 Å². The van der Waals surface area contributed by atoms with E-state index in [1.807, 2.05) is 18.2 Å².